The SMILES string of the molecule is CN(CC(=O)O)Cc1cc(Cl)c(O)c(Cl)c1. The van der Waals surface area contributed by atoms with Crippen molar-refractivity contribution in [2.75, 3.05) is 13.6 Å². The molecule has 4 nitrogen and oxygen atoms in total. The normalized spacial score (nSPS) is 10.8. The highest BCUT2D eigenvalue weighted by Gasteiger charge is 2.09. The first kappa shape index (κ1) is 13.1. The van der Waals surface area contributed by atoms with Gasteiger partial charge >= 0.3 is 5.97 Å². The van der Waals surface area contributed by atoms with Gasteiger partial charge in [-0.15, -0.1) is 0 Å². The Labute approximate surface area is 103 Å². The predicted octanol–water partition coefficient (Wildman–Crippen LogP) is 2.22. The molecule has 0 bridgehead atoms. The molecule has 0 radical (unpaired) electrons. The molecule has 0 aliphatic rings. The average molecular weight is 264 g/mol. The van der Waals surface area contributed by atoms with E-state index < -0.39 is 5.97 Å². The van der Waals surface area contributed by atoms with Gasteiger partial charge in [0.1, 0.15) is 0 Å². The number of carboxylic acids is 1. The molecular formula is C10H11Cl2NO3. The smallest absolute Gasteiger partial charge is 0.317 e. The molecule has 0 aromatic heterocycles. The van der Waals surface area contributed by atoms with E-state index in [2.05, 4.69) is 0 Å². The maximum absolute atomic E-state index is 10.5. The van der Waals surface area contributed by atoms with Gasteiger partial charge in [-0.1, -0.05) is 23.2 Å². The number of carboxylic acid groups (broad SMARTS) is 1. The summed E-state index contributed by atoms with van der Waals surface area (Å²) in [5.41, 5.74) is 0.747. The summed E-state index contributed by atoms with van der Waals surface area (Å²) in [4.78, 5) is 12.1. The number of rotatable bonds is 4. The first-order chi connectivity index (χ1) is 7.40. The van der Waals surface area contributed by atoms with Crippen molar-refractivity contribution in [1.29, 1.82) is 0 Å². The quantitative estimate of drug-likeness (QED) is 0.875. The number of hydrogen-bond donors (Lipinski definition) is 2. The molecule has 16 heavy (non-hydrogen) atoms. The van der Waals surface area contributed by atoms with E-state index >= 15 is 0 Å². The lowest BCUT2D eigenvalue weighted by molar-refractivity contribution is -0.138. The van der Waals surface area contributed by atoms with Crippen molar-refractivity contribution < 1.29 is 15.0 Å². The summed E-state index contributed by atoms with van der Waals surface area (Å²) >= 11 is 11.5. The van der Waals surface area contributed by atoms with Gasteiger partial charge in [0, 0.05) is 6.54 Å². The molecule has 0 saturated heterocycles. The van der Waals surface area contributed by atoms with Crippen LogP contribution in [0.15, 0.2) is 12.1 Å². The van der Waals surface area contributed by atoms with E-state index in [4.69, 9.17) is 28.3 Å². The maximum Gasteiger partial charge on any atom is 0.317 e. The fourth-order valence-corrected chi connectivity index (χ4v) is 1.84. The lowest BCUT2D eigenvalue weighted by atomic mass is 10.2. The van der Waals surface area contributed by atoms with Gasteiger partial charge in [-0.25, -0.2) is 0 Å². The van der Waals surface area contributed by atoms with Crippen LogP contribution < -0.4 is 0 Å². The molecule has 2 N–H and O–H groups in total. The molecule has 0 fully saturated rings. The number of phenols is 1. The van der Waals surface area contributed by atoms with Crippen molar-refractivity contribution in [3.05, 3.63) is 27.7 Å². The van der Waals surface area contributed by atoms with Gasteiger partial charge in [0.2, 0.25) is 0 Å². The van der Waals surface area contributed by atoms with Crippen molar-refractivity contribution >= 4 is 29.2 Å². The Bertz CT molecular complexity index is 386. The maximum atomic E-state index is 10.5. The third kappa shape index (κ3) is 3.56. The summed E-state index contributed by atoms with van der Waals surface area (Å²) in [6, 6.07) is 3.11. The summed E-state index contributed by atoms with van der Waals surface area (Å²) in [5, 5.41) is 18.2. The zero-order valence-corrected chi connectivity index (χ0v) is 10.1. The minimum atomic E-state index is -0.904. The molecule has 1 aromatic rings. The molecule has 0 unspecified atom stereocenters. The van der Waals surface area contributed by atoms with Crippen LogP contribution in [0.25, 0.3) is 0 Å². The van der Waals surface area contributed by atoms with Crippen LogP contribution in [0.2, 0.25) is 10.0 Å². The third-order valence-electron chi connectivity index (χ3n) is 1.93. The van der Waals surface area contributed by atoms with Crippen LogP contribution in [-0.4, -0.2) is 34.7 Å². The van der Waals surface area contributed by atoms with Crippen molar-refractivity contribution in [2.45, 2.75) is 6.54 Å². The predicted molar refractivity (Wildman–Crippen MR) is 62.1 cm³/mol. The second-order valence-corrected chi connectivity index (χ2v) is 4.29. The summed E-state index contributed by atoms with van der Waals surface area (Å²) in [5.74, 6) is -1.06. The van der Waals surface area contributed by atoms with E-state index in [1.165, 1.54) is 0 Å². The zero-order valence-electron chi connectivity index (χ0n) is 8.57. The van der Waals surface area contributed by atoms with Crippen molar-refractivity contribution in [1.82, 2.24) is 4.90 Å². The van der Waals surface area contributed by atoms with Gasteiger partial charge in [-0.05, 0) is 24.7 Å². The van der Waals surface area contributed by atoms with Crippen molar-refractivity contribution in [3.63, 3.8) is 0 Å². The highest BCUT2D eigenvalue weighted by Crippen LogP contribution is 2.32. The lowest BCUT2D eigenvalue weighted by Crippen LogP contribution is -2.25. The molecule has 0 spiro atoms. The molecule has 0 aliphatic heterocycles. The highest BCUT2D eigenvalue weighted by atomic mass is 35.5. The van der Waals surface area contributed by atoms with Crippen LogP contribution >= 0.6 is 23.2 Å². The van der Waals surface area contributed by atoms with Crippen LogP contribution in [0, 0.1) is 0 Å². The summed E-state index contributed by atoms with van der Waals surface area (Å²) in [6.45, 7) is 0.322. The Morgan fingerprint density at radius 3 is 2.31 bits per heavy atom. The minimum absolute atomic E-state index is 0.0733. The fourth-order valence-electron chi connectivity index (χ4n) is 1.31. The van der Waals surface area contributed by atoms with Gasteiger partial charge in [-0.3, -0.25) is 9.69 Å². The molecular weight excluding hydrogens is 253 g/mol. The van der Waals surface area contributed by atoms with Crippen LogP contribution in [0.4, 0.5) is 0 Å². The average Bonchev–Trinajstić information content (AvgIpc) is 2.12. The Morgan fingerprint density at radius 2 is 1.88 bits per heavy atom. The van der Waals surface area contributed by atoms with Crippen LogP contribution in [-0.2, 0) is 11.3 Å². The van der Waals surface area contributed by atoms with E-state index in [0.29, 0.717) is 6.54 Å². The molecule has 1 rings (SSSR count). The number of hydrogen-bond acceptors (Lipinski definition) is 3. The van der Waals surface area contributed by atoms with E-state index in [1.54, 1.807) is 24.1 Å². The zero-order chi connectivity index (χ0) is 12.3. The number of phenolic OH excluding ortho intramolecular Hbond substituents is 1. The summed E-state index contributed by atoms with van der Waals surface area (Å²) < 4.78 is 0. The molecule has 0 saturated carbocycles. The molecule has 6 heteroatoms. The summed E-state index contributed by atoms with van der Waals surface area (Å²) in [7, 11) is 1.67. The van der Waals surface area contributed by atoms with E-state index in [1.807, 2.05) is 0 Å². The standard InChI is InChI=1S/C10H11Cl2NO3/c1-13(5-9(14)15)4-6-2-7(11)10(16)8(12)3-6/h2-3,16H,4-5H2,1H3,(H,14,15). The fraction of sp³-hybridized carbons (Fsp3) is 0.300. The number of carbonyl (C=O) groups is 1. The Hall–Kier alpha value is -0.970. The first-order valence-electron chi connectivity index (χ1n) is 4.47. The topological polar surface area (TPSA) is 60.8 Å². The van der Waals surface area contributed by atoms with E-state index in [0.717, 1.165) is 5.56 Å². The van der Waals surface area contributed by atoms with Crippen molar-refractivity contribution in [2.24, 2.45) is 0 Å². The van der Waals surface area contributed by atoms with Gasteiger partial charge in [0.05, 0.1) is 16.6 Å². The number of halogens is 2. The second kappa shape index (κ2) is 5.39. The van der Waals surface area contributed by atoms with Gasteiger partial charge in [0.25, 0.3) is 0 Å². The van der Waals surface area contributed by atoms with E-state index in [9.17, 15) is 9.90 Å². The minimum Gasteiger partial charge on any atom is -0.505 e. The Morgan fingerprint density at radius 1 is 1.38 bits per heavy atom. The molecule has 0 aliphatic carbocycles. The number of aromatic hydroxyl groups is 1. The van der Waals surface area contributed by atoms with Gasteiger partial charge < -0.3 is 10.2 Å². The van der Waals surface area contributed by atoms with Crippen LogP contribution in [0.5, 0.6) is 5.75 Å². The van der Waals surface area contributed by atoms with Crippen molar-refractivity contribution in [3.8, 4) is 5.75 Å². The summed E-state index contributed by atoms with van der Waals surface area (Å²) in [6.07, 6.45) is 0. The van der Waals surface area contributed by atoms with E-state index in [-0.39, 0.29) is 22.3 Å². The first-order valence-corrected chi connectivity index (χ1v) is 5.23. The molecule has 88 valence electrons. The number of likely N-dealkylation sites (N-methyl/N-ethyl adjacent to an activating group) is 1. The molecule has 0 amide bonds. The molecule has 0 atom stereocenters. The second-order valence-electron chi connectivity index (χ2n) is 3.47. The van der Waals surface area contributed by atoms with Crippen LogP contribution in [0.1, 0.15) is 5.56 Å². The molecule has 1 aromatic carbocycles. The van der Waals surface area contributed by atoms with Gasteiger partial charge in [0.15, 0.2) is 5.75 Å². The lowest BCUT2D eigenvalue weighted by Gasteiger charge is -2.14. The number of nitrogens with zero attached hydrogens (tertiary/aromatic N) is 1. The Balaban J connectivity index is 2.78. The Kier molecular flexibility index (Phi) is 4.41. The number of benzene rings is 1. The monoisotopic (exact) mass is 263 g/mol. The molecule has 0 heterocycles. The largest absolute Gasteiger partial charge is 0.505 e. The highest BCUT2D eigenvalue weighted by molar-refractivity contribution is 6.37. The third-order valence-corrected chi connectivity index (χ3v) is 2.51. The van der Waals surface area contributed by atoms with Crippen LogP contribution in [0.3, 0.4) is 0 Å². The number of aliphatic carboxylic acids is 1. The van der Waals surface area contributed by atoms with Gasteiger partial charge in [-0.2, -0.15) is 0 Å².